The average Bonchev–Trinajstić information content (AvgIpc) is 2.62. The summed E-state index contributed by atoms with van der Waals surface area (Å²) in [6, 6.07) is 1.54. The monoisotopic (exact) mass is 224 g/mol. The summed E-state index contributed by atoms with van der Waals surface area (Å²) in [4.78, 5) is 2.52. The molecule has 1 N–H and O–H groups in total. The van der Waals surface area contributed by atoms with Crippen LogP contribution >= 0.6 is 0 Å². The third kappa shape index (κ3) is 2.78. The largest absolute Gasteiger partial charge is 0.312 e. The Kier molecular flexibility index (Phi) is 3.91. The normalized spacial score (nSPS) is 35.4. The van der Waals surface area contributed by atoms with Crippen molar-refractivity contribution < 1.29 is 0 Å². The van der Waals surface area contributed by atoms with Gasteiger partial charge in [-0.25, -0.2) is 0 Å². The fourth-order valence-electron chi connectivity index (χ4n) is 3.39. The molecule has 2 heteroatoms. The van der Waals surface area contributed by atoms with Gasteiger partial charge in [-0.2, -0.15) is 0 Å². The van der Waals surface area contributed by atoms with Gasteiger partial charge in [-0.3, -0.25) is 0 Å². The van der Waals surface area contributed by atoms with Crippen LogP contribution in [0.5, 0.6) is 0 Å². The molecule has 1 saturated carbocycles. The number of rotatable bonds is 3. The van der Waals surface area contributed by atoms with Gasteiger partial charge in [0, 0.05) is 18.6 Å². The second kappa shape index (κ2) is 5.05. The van der Waals surface area contributed by atoms with Crippen molar-refractivity contribution in [2.24, 2.45) is 5.41 Å². The lowest BCUT2D eigenvalue weighted by atomic mass is 9.73. The number of likely N-dealkylation sites (tertiary alicyclic amines) is 1. The highest BCUT2D eigenvalue weighted by atomic mass is 15.2. The van der Waals surface area contributed by atoms with Crippen molar-refractivity contribution in [3.63, 3.8) is 0 Å². The summed E-state index contributed by atoms with van der Waals surface area (Å²) in [5, 5.41) is 3.84. The van der Waals surface area contributed by atoms with Crippen LogP contribution in [-0.4, -0.2) is 37.1 Å². The Hall–Kier alpha value is -0.0800. The maximum absolute atomic E-state index is 3.84. The van der Waals surface area contributed by atoms with Gasteiger partial charge < -0.3 is 10.2 Å². The standard InChI is InChI=1S/C14H28N2/c1-14(2)9-5-4-8-13(14)15-11-12-7-6-10-16(12)3/h12-13,15H,4-11H2,1-3H3. The average molecular weight is 224 g/mol. The first-order valence-corrected chi connectivity index (χ1v) is 7.03. The number of hydrogen-bond donors (Lipinski definition) is 1. The van der Waals surface area contributed by atoms with Crippen LogP contribution < -0.4 is 5.32 Å². The van der Waals surface area contributed by atoms with Crippen LogP contribution in [0.4, 0.5) is 0 Å². The minimum Gasteiger partial charge on any atom is -0.312 e. The predicted molar refractivity (Wildman–Crippen MR) is 69.7 cm³/mol. The van der Waals surface area contributed by atoms with E-state index in [0.29, 0.717) is 5.41 Å². The molecule has 2 unspecified atom stereocenters. The number of likely N-dealkylation sites (N-methyl/N-ethyl adjacent to an activating group) is 1. The van der Waals surface area contributed by atoms with Crippen molar-refractivity contribution in [3.8, 4) is 0 Å². The molecular weight excluding hydrogens is 196 g/mol. The molecule has 1 aliphatic heterocycles. The highest BCUT2D eigenvalue weighted by Gasteiger charge is 2.32. The molecule has 0 spiro atoms. The van der Waals surface area contributed by atoms with Gasteiger partial charge >= 0.3 is 0 Å². The number of nitrogens with one attached hydrogen (secondary N) is 1. The summed E-state index contributed by atoms with van der Waals surface area (Å²) < 4.78 is 0. The first kappa shape index (κ1) is 12.4. The van der Waals surface area contributed by atoms with Crippen LogP contribution in [0.25, 0.3) is 0 Å². The molecule has 1 aliphatic carbocycles. The molecule has 2 fully saturated rings. The Balaban J connectivity index is 1.80. The first-order chi connectivity index (χ1) is 7.59. The van der Waals surface area contributed by atoms with E-state index < -0.39 is 0 Å². The first-order valence-electron chi connectivity index (χ1n) is 7.03. The zero-order valence-electron chi connectivity index (χ0n) is 11.3. The molecular formula is C14H28N2. The fourth-order valence-corrected chi connectivity index (χ4v) is 3.39. The van der Waals surface area contributed by atoms with Crippen molar-refractivity contribution >= 4 is 0 Å². The lowest BCUT2D eigenvalue weighted by Crippen LogP contribution is -2.48. The van der Waals surface area contributed by atoms with E-state index in [4.69, 9.17) is 0 Å². The molecule has 0 aromatic carbocycles. The predicted octanol–water partition coefficient (Wildman–Crippen LogP) is 2.64. The van der Waals surface area contributed by atoms with E-state index in [1.807, 2.05) is 0 Å². The van der Waals surface area contributed by atoms with E-state index in [1.165, 1.54) is 51.6 Å². The smallest absolute Gasteiger partial charge is 0.0218 e. The molecule has 0 radical (unpaired) electrons. The van der Waals surface area contributed by atoms with Gasteiger partial charge in [-0.1, -0.05) is 26.7 Å². The minimum absolute atomic E-state index is 0.509. The molecule has 0 amide bonds. The molecule has 2 aliphatic rings. The Morgan fingerprint density at radius 3 is 2.62 bits per heavy atom. The van der Waals surface area contributed by atoms with Crippen LogP contribution in [-0.2, 0) is 0 Å². The van der Waals surface area contributed by atoms with Crippen molar-refractivity contribution in [1.82, 2.24) is 10.2 Å². The van der Waals surface area contributed by atoms with Gasteiger partial charge in [-0.05, 0) is 44.7 Å². The molecule has 2 nitrogen and oxygen atoms in total. The van der Waals surface area contributed by atoms with E-state index in [2.05, 4.69) is 31.1 Å². The Labute approximate surface area is 101 Å². The SMILES string of the molecule is CN1CCCC1CNC1CCCCC1(C)C. The zero-order chi connectivity index (χ0) is 11.6. The van der Waals surface area contributed by atoms with Gasteiger partial charge in [0.25, 0.3) is 0 Å². The molecule has 0 aromatic rings. The van der Waals surface area contributed by atoms with E-state index in [-0.39, 0.29) is 0 Å². The molecule has 1 heterocycles. The molecule has 0 bridgehead atoms. The topological polar surface area (TPSA) is 15.3 Å². The Bertz CT molecular complexity index is 225. The molecule has 2 atom stereocenters. The van der Waals surface area contributed by atoms with Crippen LogP contribution in [0.3, 0.4) is 0 Å². The van der Waals surface area contributed by atoms with Crippen LogP contribution in [0.2, 0.25) is 0 Å². The number of hydrogen-bond acceptors (Lipinski definition) is 2. The number of nitrogens with zero attached hydrogens (tertiary/aromatic N) is 1. The highest BCUT2D eigenvalue weighted by Crippen LogP contribution is 2.35. The fraction of sp³-hybridized carbons (Fsp3) is 1.00. The lowest BCUT2D eigenvalue weighted by Gasteiger charge is -2.40. The van der Waals surface area contributed by atoms with E-state index in [0.717, 1.165) is 12.1 Å². The molecule has 1 saturated heterocycles. The van der Waals surface area contributed by atoms with Crippen molar-refractivity contribution in [2.45, 2.75) is 64.5 Å². The summed E-state index contributed by atoms with van der Waals surface area (Å²) in [7, 11) is 2.27. The summed E-state index contributed by atoms with van der Waals surface area (Å²) in [5.74, 6) is 0. The second-order valence-corrected chi connectivity index (χ2v) is 6.47. The lowest BCUT2D eigenvalue weighted by molar-refractivity contribution is 0.157. The highest BCUT2D eigenvalue weighted by molar-refractivity contribution is 4.89. The van der Waals surface area contributed by atoms with Gasteiger partial charge in [0.15, 0.2) is 0 Å². The summed E-state index contributed by atoms with van der Waals surface area (Å²) in [5.41, 5.74) is 0.509. The van der Waals surface area contributed by atoms with Crippen LogP contribution in [0.1, 0.15) is 52.4 Å². The minimum atomic E-state index is 0.509. The van der Waals surface area contributed by atoms with Crippen molar-refractivity contribution in [2.75, 3.05) is 20.1 Å². The summed E-state index contributed by atoms with van der Waals surface area (Å²) in [6.07, 6.45) is 8.39. The van der Waals surface area contributed by atoms with E-state index in [1.54, 1.807) is 0 Å². The van der Waals surface area contributed by atoms with Crippen LogP contribution in [0.15, 0.2) is 0 Å². The maximum Gasteiger partial charge on any atom is 0.0218 e. The quantitative estimate of drug-likeness (QED) is 0.793. The molecule has 2 rings (SSSR count). The second-order valence-electron chi connectivity index (χ2n) is 6.47. The van der Waals surface area contributed by atoms with E-state index in [9.17, 15) is 0 Å². The molecule has 94 valence electrons. The van der Waals surface area contributed by atoms with Gasteiger partial charge in [0.2, 0.25) is 0 Å². The van der Waals surface area contributed by atoms with E-state index >= 15 is 0 Å². The van der Waals surface area contributed by atoms with Crippen molar-refractivity contribution in [3.05, 3.63) is 0 Å². The third-order valence-electron chi connectivity index (χ3n) is 4.78. The summed E-state index contributed by atoms with van der Waals surface area (Å²) in [6.45, 7) is 7.36. The van der Waals surface area contributed by atoms with Crippen molar-refractivity contribution in [1.29, 1.82) is 0 Å². The van der Waals surface area contributed by atoms with Gasteiger partial charge in [0.05, 0.1) is 0 Å². The summed E-state index contributed by atoms with van der Waals surface area (Å²) >= 11 is 0. The Morgan fingerprint density at radius 1 is 1.19 bits per heavy atom. The van der Waals surface area contributed by atoms with Gasteiger partial charge in [-0.15, -0.1) is 0 Å². The zero-order valence-corrected chi connectivity index (χ0v) is 11.3. The van der Waals surface area contributed by atoms with Gasteiger partial charge in [0.1, 0.15) is 0 Å². The third-order valence-corrected chi connectivity index (χ3v) is 4.78. The Morgan fingerprint density at radius 2 is 2.00 bits per heavy atom. The molecule has 0 aromatic heterocycles. The van der Waals surface area contributed by atoms with Crippen LogP contribution in [0, 0.1) is 5.41 Å². The maximum atomic E-state index is 3.84. The molecule has 16 heavy (non-hydrogen) atoms.